The topological polar surface area (TPSA) is 78.4 Å². The van der Waals surface area contributed by atoms with E-state index in [9.17, 15) is 9.59 Å². The average Bonchev–Trinajstić information content (AvgIpc) is 2.75. The summed E-state index contributed by atoms with van der Waals surface area (Å²) in [6, 6.07) is -0.300. The summed E-state index contributed by atoms with van der Waals surface area (Å²) < 4.78 is 0. The van der Waals surface area contributed by atoms with Crippen LogP contribution < -0.4 is 10.6 Å². The van der Waals surface area contributed by atoms with Crippen molar-refractivity contribution in [2.75, 3.05) is 13.2 Å². The number of amides is 2. The van der Waals surface area contributed by atoms with E-state index in [0.717, 1.165) is 6.42 Å². The van der Waals surface area contributed by atoms with E-state index in [-0.39, 0.29) is 30.4 Å². The Morgan fingerprint density at radius 2 is 2.11 bits per heavy atom. The number of aliphatic hydroxyl groups excluding tert-OH is 1. The summed E-state index contributed by atoms with van der Waals surface area (Å²) in [5.41, 5.74) is 0. The van der Waals surface area contributed by atoms with Crippen LogP contribution in [0.25, 0.3) is 0 Å². The first kappa shape index (κ1) is 16.9. The van der Waals surface area contributed by atoms with Gasteiger partial charge in [-0.2, -0.15) is 0 Å². The highest BCUT2D eigenvalue weighted by molar-refractivity contribution is 5.81. The molecule has 0 aliphatic carbocycles. The van der Waals surface area contributed by atoms with Crippen molar-refractivity contribution in [2.45, 2.75) is 52.5 Å². The summed E-state index contributed by atoms with van der Waals surface area (Å²) in [6.45, 7) is 6.59. The van der Waals surface area contributed by atoms with Gasteiger partial charge < -0.3 is 15.7 Å². The van der Waals surface area contributed by atoms with Crippen LogP contribution in [0.2, 0.25) is 0 Å². The predicted octanol–water partition coefficient (Wildman–Crippen LogP) is 0.816. The molecule has 2 amide bonds. The molecule has 0 aromatic carbocycles. The Hall–Kier alpha value is -1.10. The summed E-state index contributed by atoms with van der Waals surface area (Å²) in [5, 5.41) is 14.5. The Balaban J connectivity index is 0.000000873. The minimum Gasteiger partial charge on any atom is -0.394 e. The molecule has 1 saturated heterocycles. The second-order valence-electron chi connectivity index (χ2n) is 4.52. The van der Waals surface area contributed by atoms with Crippen LogP contribution in [0.15, 0.2) is 0 Å². The van der Waals surface area contributed by atoms with Crippen molar-refractivity contribution in [2.24, 2.45) is 5.92 Å². The molecule has 106 valence electrons. The molecule has 1 aliphatic rings. The highest BCUT2D eigenvalue weighted by Gasteiger charge is 2.27. The second kappa shape index (κ2) is 9.88. The van der Waals surface area contributed by atoms with Gasteiger partial charge in [-0.1, -0.05) is 27.2 Å². The van der Waals surface area contributed by atoms with Crippen LogP contribution in [0.3, 0.4) is 0 Å². The molecule has 3 N–H and O–H groups in total. The Kier molecular flexibility index (Phi) is 9.28. The summed E-state index contributed by atoms with van der Waals surface area (Å²) >= 11 is 0. The molecule has 1 fully saturated rings. The fraction of sp³-hybridized carbons (Fsp3) is 0.846. The first-order valence-electron chi connectivity index (χ1n) is 6.76. The first-order chi connectivity index (χ1) is 8.58. The lowest BCUT2D eigenvalue weighted by atomic mass is 9.99. The van der Waals surface area contributed by atoms with E-state index < -0.39 is 0 Å². The number of aliphatic hydroxyl groups is 1. The number of carbonyl (C=O) groups is 2. The lowest BCUT2D eigenvalue weighted by Gasteiger charge is -2.18. The summed E-state index contributed by atoms with van der Waals surface area (Å²) in [7, 11) is 0. The number of hydrogen-bond donors (Lipinski definition) is 3. The largest absolute Gasteiger partial charge is 0.394 e. The van der Waals surface area contributed by atoms with Gasteiger partial charge in [-0.3, -0.25) is 9.59 Å². The number of carbonyl (C=O) groups excluding carboxylic acids is 2. The third kappa shape index (κ3) is 6.59. The van der Waals surface area contributed by atoms with Gasteiger partial charge in [0, 0.05) is 18.9 Å². The Bertz CT molecular complexity index is 257. The average molecular weight is 258 g/mol. The fourth-order valence-corrected chi connectivity index (χ4v) is 1.72. The van der Waals surface area contributed by atoms with Gasteiger partial charge in [-0.25, -0.2) is 0 Å². The van der Waals surface area contributed by atoms with Gasteiger partial charge in [0.1, 0.15) is 0 Å². The minimum atomic E-state index is -0.300. The molecular formula is C13H26N2O3. The molecule has 0 radical (unpaired) electrons. The molecule has 0 aromatic heterocycles. The molecule has 18 heavy (non-hydrogen) atoms. The van der Waals surface area contributed by atoms with Gasteiger partial charge in [0.15, 0.2) is 0 Å². The van der Waals surface area contributed by atoms with Crippen LogP contribution in [0, 0.1) is 5.92 Å². The molecule has 0 saturated carbocycles. The Morgan fingerprint density at radius 1 is 1.50 bits per heavy atom. The van der Waals surface area contributed by atoms with E-state index in [1.807, 2.05) is 0 Å². The molecule has 2 atom stereocenters. The molecule has 1 heterocycles. The van der Waals surface area contributed by atoms with Crippen molar-refractivity contribution in [3.63, 3.8) is 0 Å². The Morgan fingerprint density at radius 3 is 2.50 bits per heavy atom. The van der Waals surface area contributed by atoms with E-state index in [0.29, 0.717) is 19.4 Å². The second-order valence-corrected chi connectivity index (χ2v) is 4.52. The normalized spacial score (nSPS) is 19.6. The lowest BCUT2D eigenvalue weighted by Crippen LogP contribution is -2.39. The standard InChI is InChI=1S/C10H18N2O3.C3H8/c1-2-9(14)12-8(6-13)5-7-3-4-11-10(7)15;1-3-2/h7-8,13H,2-6H2,1H3,(H,11,15)(H,12,14);3H2,1-2H3. The number of nitrogens with one attached hydrogen (secondary N) is 2. The summed E-state index contributed by atoms with van der Waals surface area (Å²) in [6.07, 6.45) is 2.96. The third-order valence-corrected chi connectivity index (χ3v) is 2.64. The van der Waals surface area contributed by atoms with Gasteiger partial charge in [0.05, 0.1) is 12.6 Å². The van der Waals surface area contributed by atoms with Crippen LogP contribution in [0.4, 0.5) is 0 Å². The fourth-order valence-electron chi connectivity index (χ4n) is 1.72. The number of hydrogen-bond acceptors (Lipinski definition) is 3. The molecule has 1 aliphatic heterocycles. The van der Waals surface area contributed by atoms with Gasteiger partial charge >= 0.3 is 0 Å². The monoisotopic (exact) mass is 258 g/mol. The quantitative estimate of drug-likeness (QED) is 0.683. The Labute approximate surface area is 109 Å². The third-order valence-electron chi connectivity index (χ3n) is 2.64. The van der Waals surface area contributed by atoms with Gasteiger partial charge in [-0.15, -0.1) is 0 Å². The van der Waals surface area contributed by atoms with Crippen molar-refractivity contribution >= 4 is 11.8 Å². The molecule has 0 spiro atoms. The van der Waals surface area contributed by atoms with E-state index in [4.69, 9.17) is 5.11 Å². The zero-order valence-electron chi connectivity index (χ0n) is 11.7. The van der Waals surface area contributed by atoms with Crippen LogP contribution in [0.5, 0.6) is 0 Å². The van der Waals surface area contributed by atoms with E-state index >= 15 is 0 Å². The highest BCUT2D eigenvalue weighted by atomic mass is 16.3. The predicted molar refractivity (Wildman–Crippen MR) is 71.0 cm³/mol. The molecule has 5 heteroatoms. The van der Waals surface area contributed by atoms with Gasteiger partial charge in [0.25, 0.3) is 0 Å². The highest BCUT2D eigenvalue weighted by Crippen LogP contribution is 2.15. The van der Waals surface area contributed by atoms with Crippen molar-refractivity contribution in [1.82, 2.24) is 10.6 Å². The van der Waals surface area contributed by atoms with E-state index in [1.54, 1.807) is 6.92 Å². The smallest absolute Gasteiger partial charge is 0.223 e. The molecule has 0 bridgehead atoms. The summed E-state index contributed by atoms with van der Waals surface area (Å²) in [4.78, 5) is 22.4. The maximum atomic E-state index is 11.3. The molecular weight excluding hydrogens is 232 g/mol. The lowest BCUT2D eigenvalue weighted by molar-refractivity contribution is -0.124. The molecule has 5 nitrogen and oxygen atoms in total. The SMILES string of the molecule is CCC.CCC(=O)NC(CO)CC1CCNC1=O. The van der Waals surface area contributed by atoms with Crippen molar-refractivity contribution in [3.05, 3.63) is 0 Å². The maximum absolute atomic E-state index is 11.3. The maximum Gasteiger partial charge on any atom is 0.223 e. The van der Waals surface area contributed by atoms with Crippen LogP contribution in [-0.2, 0) is 9.59 Å². The number of rotatable bonds is 5. The van der Waals surface area contributed by atoms with Crippen molar-refractivity contribution in [1.29, 1.82) is 0 Å². The van der Waals surface area contributed by atoms with Crippen LogP contribution >= 0.6 is 0 Å². The van der Waals surface area contributed by atoms with Crippen LogP contribution in [0.1, 0.15) is 46.5 Å². The van der Waals surface area contributed by atoms with E-state index in [1.165, 1.54) is 6.42 Å². The van der Waals surface area contributed by atoms with E-state index in [2.05, 4.69) is 24.5 Å². The van der Waals surface area contributed by atoms with Crippen LogP contribution in [-0.4, -0.2) is 36.1 Å². The summed E-state index contributed by atoms with van der Waals surface area (Å²) in [5.74, 6) is -0.133. The zero-order valence-corrected chi connectivity index (χ0v) is 11.7. The zero-order chi connectivity index (χ0) is 14.0. The molecule has 2 unspecified atom stereocenters. The van der Waals surface area contributed by atoms with Gasteiger partial charge in [-0.05, 0) is 12.8 Å². The first-order valence-corrected chi connectivity index (χ1v) is 6.76. The van der Waals surface area contributed by atoms with Gasteiger partial charge in [0.2, 0.25) is 11.8 Å². The minimum absolute atomic E-state index is 0.0270. The molecule has 1 rings (SSSR count). The van der Waals surface area contributed by atoms with Crippen molar-refractivity contribution in [3.8, 4) is 0 Å². The van der Waals surface area contributed by atoms with Crippen molar-refractivity contribution < 1.29 is 14.7 Å². The molecule has 0 aromatic rings.